The second-order valence-corrected chi connectivity index (χ2v) is 4.92. The molecule has 0 saturated carbocycles. The summed E-state index contributed by atoms with van der Waals surface area (Å²) >= 11 is 6.16. The van der Waals surface area contributed by atoms with Crippen molar-refractivity contribution in [3.63, 3.8) is 0 Å². The first kappa shape index (κ1) is 12.1. The quantitative estimate of drug-likeness (QED) is 0.725. The average molecular weight is 272 g/mol. The van der Waals surface area contributed by atoms with Crippen molar-refractivity contribution in [1.29, 1.82) is 0 Å². The summed E-state index contributed by atoms with van der Waals surface area (Å²) in [6, 6.07) is 16.1. The lowest BCUT2D eigenvalue weighted by Gasteiger charge is -2.06. The van der Waals surface area contributed by atoms with Crippen molar-refractivity contribution in [3.05, 3.63) is 64.9 Å². The van der Waals surface area contributed by atoms with Crippen LogP contribution in [0.15, 0.2) is 52.9 Å². The number of furan rings is 1. The molecule has 2 aromatic carbocycles. The van der Waals surface area contributed by atoms with Crippen molar-refractivity contribution in [3.8, 4) is 0 Å². The van der Waals surface area contributed by atoms with E-state index in [-0.39, 0.29) is 0 Å². The number of aryl methyl sites for hydroxylation is 1. The number of halogens is 1. The van der Waals surface area contributed by atoms with Gasteiger partial charge in [-0.3, -0.25) is 0 Å². The number of rotatable bonds is 3. The number of benzene rings is 2. The van der Waals surface area contributed by atoms with Gasteiger partial charge in [0.25, 0.3) is 0 Å². The van der Waals surface area contributed by atoms with Crippen molar-refractivity contribution in [2.24, 2.45) is 0 Å². The zero-order chi connectivity index (χ0) is 13.2. The highest BCUT2D eigenvalue weighted by atomic mass is 35.5. The lowest BCUT2D eigenvalue weighted by Crippen LogP contribution is -1.99. The van der Waals surface area contributed by atoms with Crippen molar-refractivity contribution in [1.82, 2.24) is 0 Å². The van der Waals surface area contributed by atoms with Crippen LogP contribution in [0.3, 0.4) is 0 Å². The van der Waals surface area contributed by atoms with Crippen LogP contribution in [0.2, 0.25) is 5.22 Å². The van der Waals surface area contributed by atoms with Gasteiger partial charge in [0.1, 0.15) is 5.58 Å². The summed E-state index contributed by atoms with van der Waals surface area (Å²) in [4.78, 5) is 0. The van der Waals surface area contributed by atoms with E-state index in [1.165, 1.54) is 5.56 Å². The first-order valence-corrected chi connectivity index (χ1v) is 6.58. The molecule has 19 heavy (non-hydrogen) atoms. The van der Waals surface area contributed by atoms with Crippen LogP contribution < -0.4 is 5.32 Å². The minimum atomic E-state index is 0.460. The number of hydrogen-bond donors (Lipinski definition) is 1. The Morgan fingerprint density at radius 2 is 1.95 bits per heavy atom. The largest absolute Gasteiger partial charge is 0.444 e. The monoisotopic (exact) mass is 271 g/mol. The number of para-hydroxylation sites is 1. The van der Waals surface area contributed by atoms with E-state index in [4.69, 9.17) is 16.0 Å². The SMILES string of the molecule is Cc1cccc(NCc2c(Cl)oc3ccccc23)c1. The molecule has 0 amide bonds. The van der Waals surface area contributed by atoms with Crippen molar-refractivity contribution in [2.45, 2.75) is 13.5 Å². The summed E-state index contributed by atoms with van der Waals surface area (Å²) in [5, 5.41) is 4.90. The third-order valence-corrected chi connectivity index (χ3v) is 3.44. The van der Waals surface area contributed by atoms with Gasteiger partial charge in [-0.2, -0.15) is 0 Å². The Labute approximate surface area is 117 Å². The lowest BCUT2D eigenvalue weighted by molar-refractivity contribution is 0.613. The van der Waals surface area contributed by atoms with E-state index in [1.807, 2.05) is 36.4 Å². The molecule has 0 bridgehead atoms. The van der Waals surface area contributed by atoms with Crippen LogP contribution in [0.25, 0.3) is 11.0 Å². The molecule has 0 aliphatic rings. The summed E-state index contributed by atoms with van der Waals surface area (Å²) in [6.45, 7) is 2.73. The fourth-order valence-corrected chi connectivity index (χ4v) is 2.43. The maximum atomic E-state index is 6.16. The van der Waals surface area contributed by atoms with Crippen molar-refractivity contribution >= 4 is 28.3 Å². The van der Waals surface area contributed by atoms with E-state index in [2.05, 4.69) is 24.4 Å². The first-order chi connectivity index (χ1) is 9.24. The van der Waals surface area contributed by atoms with E-state index >= 15 is 0 Å². The fraction of sp³-hybridized carbons (Fsp3) is 0.125. The Bertz CT molecular complexity index is 718. The second-order valence-electron chi connectivity index (χ2n) is 4.57. The molecule has 0 saturated heterocycles. The topological polar surface area (TPSA) is 25.2 Å². The zero-order valence-corrected chi connectivity index (χ0v) is 11.4. The van der Waals surface area contributed by atoms with Gasteiger partial charge < -0.3 is 9.73 Å². The van der Waals surface area contributed by atoms with Gasteiger partial charge in [0, 0.05) is 23.2 Å². The maximum absolute atomic E-state index is 6.16. The van der Waals surface area contributed by atoms with Crippen LogP contribution in [0.5, 0.6) is 0 Å². The third-order valence-electron chi connectivity index (χ3n) is 3.14. The molecule has 3 rings (SSSR count). The minimum Gasteiger partial charge on any atom is -0.444 e. The summed E-state index contributed by atoms with van der Waals surface area (Å²) in [7, 11) is 0. The number of nitrogens with one attached hydrogen (secondary N) is 1. The van der Waals surface area contributed by atoms with E-state index in [0.717, 1.165) is 22.2 Å². The highest BCUT2D eigenvalue weighted by Crippen LogP contribution is 2.30. The second kappa shape index (κ2) is 4.98. The molecule has 0 unspecified atom stereocenters. The van der Waals surface area contributed by atoms with Crippen LogP contribution in [0.4, 0.5) is 5.69 Å². The molecule has 96 valence electrons. The Morgan fingerprint density at radius 3 is 2.79 bits per heavy atom. The summed E-state index contributed by atoms with van der Waals surface area (Å²) in [5.41, 5.74) is 4.14. The van der Waals surface area contributed by atoms with Gasteiger partial charge >= 0.3 is 0 Å². The van der Waals surface area contributed by atoms with Crippen LogP contribution in [-0.4, -0.2) is 0 Å². The molecule has 0 aliphatic carbocycles. The predicted octanol–water partition coefficient (Wildman–Crippen LogP) is 5.01. The summed E-state index contributed by atoms with van der Waals surface area (Å²) in [5.74, 6) is 0. The van der Waals surface area contributed by atoms with Gasteiger partial charge in [0.2, 0.25) is 0 Å². The van der Waals surface area contributed by atoms with Crippen LogP contribution >= 0.6 is 11.6 Å². The Morgan fingerprint density at radius 1 is 1.11 bits per heavy atom. The smallest absolute Gasteiger partial charge is 0.199 e. The molecule has 0 fully saturated rings. The molecule has 1 N–H and O–H groups in total. The molecule has 0 atom stereocenters. The molecular formula is C16H14ClNO. The third kappa shape index (κ3) is 2.45. The van der Waals surface area contributed by atoms with Crippen molar-refractivity contribution in [2.75, 3.05) is 5.32 Å². The number of fused-ring (bicyclic) bond motifs is 1. The van der Waals surface area contributed by atoms with E-state index < -0.39 is 0 Å². The van der Waals surface area contributed by atoms with Crippen LogP contribution in [-0.2, 0) is 6.54 Å². The molecule has 0 radical (unpaired) electrons. The summed E-state index contributed by atoms with van der Waals surface area (Å²) < 4.78 is 5.54. The van der Waals surface area contributed by atoms with Gasteiger partial charge in [-0.05, 0) is 42.3 Å². The number of anilines is 1. The molecule has 2 nitrogen and oxygen atoms in total. The fourth-order valence-electron chi connectivity index (χ4n) is 2.18. The minimum absolute atomic E-state index is 0.460. The molecule has 0 aliphatic heterocycles. The Kier molecular flexibility index (Phi) is 3.18. The lowest BCUT2D eigenvalue weighted by atomic mass is 10.1. The summed E-state index contributed by atoms with van der Waals surface area (Å²) in [6.07, 6.45) is 0. The van der Waals surface area contributed by atoms with Gasteiger partial charge in [-0.25, -0.2) is 0 Å². The highest BCUT2D eigenvalue weighted by molar-refractivity contribution is 6.30. The van der Waals surface area contributed by atoms with Crippen LogP contribution in [0, 0.1) is 6.92 Å². The van der Waals surface area contributed by atoms with Gasteiger partial charge in [0.15, 0.2) is 5.22 Å². The Hall–Kier alpha value is -1.93. The maximum Gasteiger partial charge on any atom is 0.199 e. The van der Waals surface area contributed by atoms with E-state index in [1.54, 1.807) is 0 Å². The van der Waals surface area contributed by atoms with Gasteiger partial charge in [0.05, 0.1) is 0 Å². The molecule has 3 heteroatoms. The Balaban J connectivity index is 1.87. The number of hydrogen-bond acceptors (Lipinski definition) is 2. The van der Waals surface area contributed by atoms with E-state index in [0.29, 0.717) is 11.8 Å². The molecule has 1 heterocycles. The van der Waals surface area contributed by atoms with Gasteiger partial charge in [-0.1, -0.05) is 30.3 Å². The molecule has 3 aromatic rings. The first-order valence-electron chi connectivity index (χ1n) is 6.20. The molecular weight excluding hydrogens is 258 g/mol. The highest BCUT2D eigenvalue weighted by Gasteiger charge is 2.11. The normalized spacial score (nSPS) is 10.8. The average Bonchev–Trinajstić information content (AvgIpc) is 2.72. The molecule has 0 spiro atoms. The zero-order valence-electron chi connectivity index (χ0n) is 10.6. The van der Waals surface area contributed by atoms with E-state index in [9.17, 15) is 0 Å². The molecule has 1 aromatic heterocycles. The predicted molar refractivity (Wildman–Crippen MR) is 79.7 cm³/mol. The standard InChI is InChI=1S/C16H14ClNO/c1-11-5-4-6-12(9-11)18-10-14-13-7-2-3-8-15(13)19-16(14)17/h2-9,18H,10H2,1H3. The van der Waals surface area contributed by atoms with Crippen molar-refractivity contribution < 1.29 is 4.42 Å². The van der Waals surface area contributed by atoms with Crippen LogP contribution in [0.1, 0.15) is 11.1 Å². The van der Waals surface area contributed by atoms with Gasteiger partial charge in [-0.15, -0.1) is 0 Å².